The summed E-state index contributed by atoms with van der Waals surface area (Å²) in [6.07, 6.45) is 4.34. The lowest BCUT2D eigenvalue weighted by Crippen LogP contribution is -2.11. The molecule has 0 bridgehead atoms. The maximum absolute atomic E-state index is 10.9. The second kappa shape index (κ2) is 5.82. The van der Waals surface area contributed by atoms with Crippen molar-refractivity contribution in [1.82, 2.24) is 0 Å². The van der Waals surface area contributed by atoms with E-state index in [0.717, 1.165) is 37.7 Å². The highest BCUT2D eigenvalue weighted by Crippen LogP contribution is 2.23. The third-order valence-electron chi connectivity index (χ3n) is 3.08. The molecule has 2 rings (SSSR count). The normalized spacial score (nSPS) is 19.2. The Hall–Kier alpha value is -1.35. The van der Waals surface area contributed by atoms with Gasteiger partial charge in [0.25, 0.3) is 0 Å². The van der Waals surface area contributed by atoms with Gasteiger partial charge in [-0.15, -0.1) is 0 Å². The minimum absolute atomic E-state index is 0.332. The van der Waals surface area contributed by atoms with Crippen LogP contribution in [0.5, 0.6) is 5.75 Å². The molecule has 0 amide bonds. The maximum atomic E-state index is 10.9. The molecular weight excluding hydrogens is 216 g/mol. The van der Waals surface area contributed by atoms with Crippen LogP contribution in [0.15, 0.2) is 18.2 Å². The van der Waals surface area contributed by atoms with E-state index >= 15 is 0 Å². The van der Waals surface area contributed by atoms with Crippen LogP contribution < -0.4 is 4.74 Å². The molecule has 92 valence electrons. The van der Waals surface area contributed by atoms with Crippen molar-refractivity contribution in [3.05, 3.63) is 29.3 Å². The predicted molar refractivity (Wildman–Crippen MR) is 65.7 cm³/mol. The summed E-state index contributed by atoms with van der Waals surface area (Å²) in [5.74, 6) is 0.709. The molecule has 1 heterocycles. The zero-order valence-corrected chi connectivity index (χ0v) is 10.1. The Morgan fingerprint density at radius 2 is 2.41 bits per heavy atom. The van der Waals surface area contributed by atoms with Crippen molar-refractivity contribution in [2.24, 2.45) is 0 Å². The fraction of sp³-hybridized carbons (Fsp3) is 0.500. The molecule has 0 saturated carbocycles. The number of hydrogen-bond acceptors (Lipinski definition) is 3. The van der Waals surface area contributed by atoms with Gasteiger partial charge in [-0.1, -0.05) is 12.1 Å². The van der Waals surface area contributed by atoms with Gasteiger partial charge in [0.15, 0.2) is 6.29 Å². The van der Waals surface area contributed by atoms with Crippen LogP contribution in [0, 0.1) is 6.92 Å². The number of aldehydes is 1. The van der Waals surface area contributed by atoms with Gasteiger partial charge in [0.1, 0.15) is 5.75 Å². The van der Waals surface area contributed by atoms with Gasteiger partial charge in [-0.25, -0.2) is 0 Å². The summed E-state index contributed by atoms with van der Waals surface area (Å²) in [6.45, 7) is 3.43. The first-order chi connectivity index (χ1) is 8.31. The first kappa shape index (κ1) is 12.1. The number of aryl methyl sites for hydroxylation is 1. The molecule has 0 aliphatic carbocycles. The SMILES string of the molecule is Cc1cccc(C=O)c1OCCC1CCCO1. The largest absolute Gasteiger partial charge is 0.492 e. The summed E-state index contributed by atoms with van der Waals surface area (Å²) >= 11 is 0. The average Bonchev–Trinajstić information content (AvgIpc) is 2.84. The number of ether oxygens (including phenoxy) is 2. The van der Waals surface area contributed by atoms with Crippen molar-refractivity contribution in [3.63, 3.8) is 0 Å². The summed E-state index contributed by atoms with van der Waals surface area (Å²) in [4.78, 5) is 10.9. The van der Waals surface area contributed by atoms with E-state index in [1.807, 2.05) is 19.1 Å². The summed E-state index contributed by atoms with van der Waals surface area (Å²) in [5, 5.41) is 0. The van der Waals surface area contributed by atoms with Crippen molar-refractivity contribution in [2.45, 2.75) is 32.3 Å². The molecule has 1 aliphatic rings. The Morgan fingerprint density at radius 3 is 3.12 bits per heavy atom. The van der Waals surface area contributed by atoms with Gasteiger partial charge in [0.2, 0.25) is 0 Å². The van der Waals surface area contributed by atoms with E-state index in [1.54, 1.807) is 6.07 Å². The maximum Gasteiger partial charge on any atom is 0.153 e. The monoisotopic (exact) mass is 234 g/mol. The van der Waals surface area contributed by atoms with Crippen LogP contribution in [0.3, 0.4) is 0 Å². The summed E-state index contributed by atoms with van der Waals surface area (Å²) in [7, 11) is 0. The highest BCUT2D eigenvalue weighted by atomic mass is 16.5. The Labute approximate surface area is 102 Å². The average molecular weight is 234 g/mol. The second-order valence-corrected chi connectivity index (χ2v) is 4.38. The van der Waals surface area contributed by atoms with E-state index in [2.05, 4.69) is 0 Å². The van der Waals surface area contributed by atoms with Gasteiger partial charge in [-0.05, 0) is 31.4 Å². The number of para-hydroxylation sites is 1. The van der Waals surface area contributed by atoms with E-state index in [-0.39, 0.29) is 0 Å². The van der Waals surface area contributed by atoms with Crippen LogP contribution in [0.4, 0.5) is 0 Å². The molecule has 3 nitrogen and oxygen atoms in total. The number of carbonyl (C=O) groups excluding carboxylic acids is 1. The number of rotatable bonds is 5. The van der Waals surface area contributed by atoms with E-state index < -0.39 is 0 Å². The van der Waals surface area contributed by atoms with Crippen LogP contribution in [0.25, 0.3) is 0 Å². The smallest absolute Gasteiger partial charge is 0.153 e. The van der Waals surface area contributed by atoms with Gasteiger partial charge >= 0.3 is 0 Å². The van der Waals surface area contributed by atoms with E-state index in [0.29, 0.717) is 24.0 Å². The third-order valence-corrected chi connectivity index (χ3v) is 3.08. The summed E-state index contributed by atoms with van der Waals surface area (Å²) in [5.41, 5.74) is 1.62. The highest BCUT2D eigenvalue weighted by Gasteiger charge is 2.15. The first-order valence-electron chi connectivity index (χ1n) is 6.10. The van der Waals surface area contributed by atoms with Crippen molar-refractivity contribution in [3.8, 4) is 5.75 Å². The molecular formula is C14H18O3. The van der Waals surface area contributed by atoms with Crippen molar-refractivity contribution in [1.29, 1.82) is 0 Å². The highest BCUT2D eigenvalue weighted by molar-refractivity contribution is 5.80. The van der Waals surface area contributed by atoms with Gasteiger partial charge in [0.05, 0.1) is 18.3 Å². The quantitative estimate of drug-likeness (QED) is 0.735. The molecule has 17 heavy (non-hydrogen) atoms. The third kappa shape index (κ3) is 3.07. The molecule has 0 radical (unpaired) electrons. The molecule has 0 spiro atoms. The van der Waals surface area contributed by atoms with Crippen molar-refractivity contribution in [2.75, 3.05) is 13.2 Å². The second-order valence-electron chi connectivity index (χ2n) is 4.38. The van der Waals surface area contributed by atoms with E-state index in [1.165, 1.54) is 0 Å². The first-order valence-corrected chi connectivity index (χ1v) is 6.10. The molecule has 1 fully saturated rings. The van der Waals surface area contributed by atoms with Crippen molar-refractivity contribution < 1.29 is 14.3 Å². The number of hydrogen-bond donors (Lipinski definition) is 0. The fourth-order valence-corrected chi connectivity index (χ4v) is 2.13. The molecule has 1 atom stereocenters. The standard InChI is InChI=1S/C14H18O3/c1-11-4-2-5-12(10-15)14(11)17-9-7-13-6-3-8-16-13/h2,4-5,10,13H,3,6-9H2,1H3. The lowest BCUT2D eigenvalue weighted by atomic mass is 10.1. The Bertz CT molecular complexity index is 381. The molecule has 1 aliphatic heterocycles. The lowest BCUT2D eigenvalue weighted by Gasteiger charge is -2.13. The van der Waals surface area contributed by atoms with Crippen LogP contribution in [0.2, 0.25) is 0 Å². The number of carbonyl (C=O) groups is 1. The lowest BCUT2D eigenvalue weighted by molar-refractivity contribution is 0.0900. The van der Waals surface area contributed by atoms with E-state index in [9.17, 15) is 4.79 Å². The molecule has 1 aromatic rings. The Kier molecular flexibility index (Phi) is 4.15. The Balaban J connectivity index is 1.91. The zero-order valence-electron chi connectivity index (χ0n) is 10.1. The topological polar surface area (TPSA) is 35.5 Å². The van der Waals surface area contributed by atoms with Gasteiger partial charge < -0.3 is 9.47 Å². The van der Waals surface area contributed by atoms with E-state index in [4.69, 9.17) is 9.47 Å². The number of benzene rings is 1. The summed E-state index contributed by atoms with van der Waals surface area (Å²) < 4.78 is 11.2. The van der Waals surface area contributed by atoms with Gasteiger partial charge in [0, 0.05) is 13.0 Å². The minimum Gasteiger partial charge on any atom is -0.492 e. The molecule has 0 aromatic heterocycles. The van der Waals surface area contributed by atoms with Crippen LogP contribution in [0.1, 0.15) is 35.2 Å². The molecule has 1 unspecified atom stereocenters. The van der Waals surface area contributed by atoms with Crippen molar-refractivity contribution >= 4 is 6.29 Å². The van der Waals surface area contributed by atoms with Gasteiger partial charge in [-0.2, -0.15) is 0 Å². The van der Waals surface area contributed by atoms with Crippen LogP contribution in [-0.4, -0.2) is 25.6 Å². The molecule has 1 aromatic carbocycles. The van der Waals surface area contributed by atoms with Gasteiger partial charge in [-0.3, -0.25) is 4.79 Å². The fourth-order valence-electron chi connectivity index (χ4n) is 2.13. The zero-order chi connectivity index (χ0) is 12.1. The van der Waals surface area contributed by atoms with Crippen LogP contribution in [-0.2, 0) is 4.74 Å². The summed E-state index contributed by atoms with van der Waals surface area (Å²) in [6, 6.07) is 5.60. The van der Waals surface area contributed by atoms with Crippen LogP contribution >= 0.6 is 0 Å². The molecule has 3 heteroatoms. The predicted octanol–water partition coefficient (Wildman–Crippen LogP) is 2.76. The Morgan fingerprint density at radius 1 is 1.53 bits per heavy atom. The minimum atomic E-state index is 0.332. The molecule has 1 saturated heterocycles. The molecule has 0 N–H and O–H groups in total.